The van der Waals surface area contributed by atoms with Crippen LogP contribution in [0.3, 0.4) is 0 Å². The van der Waals surface area contributed by atoms with Crippen molar-refractivity contribution in [2.75, 3.05) is 0 Å². The normalized spacial score (nSPS) is 12.5. The van der Waals surface area contributed by atoms with Crippen LogP contribution in [0.15, 0.2) is 35.9 Å². The van der Waals surface area contributed by atoms with Gasteiger partial charge in [-0.25, -0.2) is 4.79 Å². The Morgan fingerprint density at radius 3 is 2.00 bits per heavy atom. The highest BCUT2D eigenvalue weighted by molar-refractivity contribution is 5.93. The second kappa shape index (κ2) is 6.60. The molecule has 18 heavy (non-hydrogen) atoms. The molecule has 2 nitrogen and oxygen atoms in total. The van der Waals surface area contributed by atoms with E-state index in [4.69, 9.17) is 5.11 Å². The van der Waals surface area contributed by atoms with Crippen molar-refractivity contribution < 1.29 is 9.90 Å². The molecular formula is C16H18O2. The summed E-state index contributed by atoms with van der Waals surface area (Å²) in [7, 11) is 0. The molecule has 1 N–H and O–H groups in total. The lowest BCUT2D eigenvalue weighted by molar-refractivity contribution is -0.132. The summed E-state index contributed by atoms with van der Waals surface area (Å²) >= 11 is 0. The van der Waals surface area contributed by atoms with Crippen LogP contribution < -0.4 is 0 Å². The van der Waals surface area contributed by atoms with Gasteiger partial charge < -0.3 is 5.11 Å². The van der Waals surface area contributed by atoms with Gasteiger partial charge in [-0.1, -0.05) is 42.5 Å². The van der Waals surface area contributed by atoms with Crippen molar-refractivity contribution in [3.8, 4) is 0 Å². The first-order chi connectivity index (χ1) is 8.60. The van der Waals surface area contributed by atoms with Crippen molar-refractivity contribution in [3.05, 3.63) is 52.6 Å². The highest BCUT2D eigenvalue weighted by Gasteiger charge is 2.05. The Bertz CT molecular complexity index is 490. The van der Waals surface area contributed by atoms with E-state index in [1.54, 1.807) is 13.0 Å². The van der Waals surface area contributed by atoms with Crippen molar-refractivity contribution in [3.63, 3.8) is 0 Å². The zero-order valence-electron chi connectivity index (χ0n) is 11.0. The Morgan fingerprint density at radius 2 is 1.61 bits per heavy atom. The predicted octanol–water partition coefficient (Wildman–Crippen LogP) is 4.24. The number of carboxylic acids is 1. The molecule has 0 unspecified atom stereocenters. The number of benzene rings is 1. The fourth-order valence-electron chi connectivity index (χ4n) is 1.70. The quantitative estimate of drug-likeness (QED) is 0.802. The number of hydrogen-bond acceptors (Lipinski definition) is 1. The van der Waals surface area contributed by atoms with Crippen LogP contribution in [0.25, 0.3) is 18.2 Å². The van der Waals surface area contributed by atoms with Gasteiger partial charge in [0.25, 0.3) is 0 Å². The van der Waals surface area contributed by atoms with Crippen LogP contribution in [0, 0.1) is 0 Å². The van der Waals surface area contributed by atoms with E-state index >= 15 is 0 Å². The Kier molecular flexibility index (Phi) is 5.12. The lowest BCUT2D eigenvalue weighted by Gasteiger charge is -2.07. The molecule has 1 aromatic rings. The number of carboxylic acid groups (broad SMARTS) is 1. The monoisotopic (exact) mass is 242 g/mol. The summed E-state index contributed by atoms with van der Waals surface area (Å²) in [5.41, 5.74) is 3.31. The molecule has 0 amide bonds. The summed E-state index contributed by atoms with van der Waals surface area (Å²) in [5.74, 6) is -0.892. The molecule has 1 rings (SSSR count). The molecule has 0 aliphatic carbocycles. The van der Waals surface area contributed by atoms with Gasteiger partial charge in [0.1, 0.15) is 0 Å². The van der Waals surface area contributed by atoms with Crippen molar-refractivity contribution in [2.24, 2.45) is 0 Å². The smallest absolute Gasteiger partial charge is 0.331 e. The summed E-state index contributed by atoms with van der Waals surface area (Å²) in [4.78, 5) is 10.9. The molecule has 2 heteroatoms. The third-order valence-electron chi connectivity index (χ3n) is 2.56. The molecule has 0 fully saturated rings. The average Bonchev–Trinajstić information content (AvgIpc) is 2.33. The Labute approximate surface area is 108 Å². The van der Waals surface area contributed by atoms with Crippen LogP contribution in [0.5, 0.6) is 0 Å². The number of aliphatic carboxylic acids is 1. The first kappa shape index (κ1) is 14.0. The molecule has 0 saturated heterocycles. The molecule has 94 valence electrons. The van der Waals surface area contributed by atoms with E-state index in [0.29, 0.717) is 5.57 Å². The van der Waals surface area contributed by atoms with E-state index in [2.05, 4.69) is 0 Å². The van der Waals surface area contributed by atoms with Crippen LogP contribution in [0.2, 0.25) is 0 Å². The molecule has 0 aliphatic rings. The highest BCUT2D eigenvalue weighted by atomic mass is 16.4. The van der Waals surface area contributed by atoms with Crippen LogP contribution in [-0.2, 0) is 4.79 Å². The number of hydrogen-bond donors (Lipinski definition) is 1. The van der Waals surface area contributed by atoms with Gasteiger partial charge in [-0.3, -0.25) is 0 Å². The minimum Gasteiger partial charge on any atom is -0.478 e. The first-order valence-corrected chi connectivity index (χ1v) is 5.90. The van der Waals surface area contributed by atoms with Crippen molar-refractivity contribution in [1.82, 2.24) is 0 Å². The molecule has 0 heterocycles. The minimum absolute atomic E-state index is 0.331. The third-order valence-corrected chi connectivity index (χ3v) is 2.56. The van der Waals surface area contributed by atoms with E-state index in [-0.39, 0.29) is 0 Å². The van der Waals surface area contributed by atoms with Gasteiger partial charge >= 0.3 is 5.97 Å². The van der Waals surface area contributed by atoms with Crippen molar-refractivity contribution in [2.45, 2.75) is 20.8 Å². The van der Waals surface area contributed by atoms with Gasteiger partial charge in [-0.05, 0) is 43.5 Å². The molecule has 0 spiro atoms. The van der Waals surface area contributed by atoms with Crippen molar-refractivity contribution >= 4 is 24.2 Å². The number of rotatable bonds is 4. The van der Waals surface area contributed by atoms with Gasteiger partial charge in [-0.2, -0.15) is 0 Å². The zero-order chi connectivity index (χ0) is 13.5. The zero-order valence-corrected chi connectivity index (χ0v) is 11.0. The van der Waals surface area contributed by atoms with Crippen LogP contribution >= 0.6 is 0 Å². The maximum Gasteiger partial charge on any atom is 0.331 e. The van der Waals surface area contributed by atoms with E-state index < -0.39 is 5.97 Å². The van der Waals surface area contributed by atoms with E-state index in [9.17, 15) is 4.79 Å². The predicted molar refractivity (Wildman–Crippen MR) is 77.1 cm³/mol. The molecular weight excluding hydrogens is 224 g/mol. The molecule has 0 saturated carbocycles. The lowest BCUT2D eigenvalue weighted by Crippen LogP contribution is -1.97. The Balaban J connectivity index is 3.44. The number of allylic oxidation sites excluding steroid dienone is 2. The second-order valence-electron chi connectivity index (χ2n) is 3.98. The van der Waals surface area contributed by atoms with Crippen LogP contribution in [0.1, 0.15) is 37.5 Å². The second-order valence-corrected chi connectivity index (χ2v) is 3.98. The summed E-state index contributed by atoms with van der Waals surface area (Å²) in [5, 5.41) is 8.98. The van der Waals surface area contributed by atoms with Crippen LogP contribution in [-0.4, -0.2) is 11.1 Å². The van der Waals surface area contributed by atoms with Gasteiger partial charge in [0.2, 0.25) is 0 Å². The maximum atomic E-state index is 10.9. The first-order valence-electron chi connectivity index (χ1n) is 5.90. The summed E-state index contributed by atoms with van der Waals surface area (Å²) < 4.78 is 0. The van der Waals surface area contributed by atoms with Crippen molar-refractivity contribution in [1.29, 1.82) is 0 Å². The Hall–Kier alpha value is -2.09. The molecule has 0 aromatic heterocycles. The molecule has 0 bridgehead atoms. The fourth-order valence-corrected chi connectivity index (χ4v) is 1.70. The largest absolute Gasteiger partial charge is 0.478 e. The standard InChI is InChI=1S/C16H18O2/c1-4-7-13-9-6-10-14(8-5-2)15(13)11-12(3)16(17)18/h4-11H,1-3H3,(H,17,18)/b7-4-,8-5-,12-11+. The third kappa shape index (κ3) is 3.45. The SMILES string of the molecule is C/C=C\c1cccc(/C=C\C)c1/C=C(\C)C(=O)O. The van der Waals surface area contributed by atoms with E-state index in [1.807, 2.05) is 56.4 Å². The summed E-state index contributed by atoms with van der Waals surface area (Å²) in [6.07, 6.45) is 9.57. The fraction of sp³-hybridized carbons (Fsp3) is 0.188. The Morgan fingerprint density at radius 1 is 1.11 bits per heavy atom. The van der Waals surface area contributed by atoms with Gasteiger partial charge in [-0.15, -0.1) is 0 Å². The minimum atomic E-state index is -0.892. The number of carbonyl (C=O) groups is 1. The van der Waals surface area contributed by atoms with Gasteiger partial charge in [0.05, 0.1) is 0 Å². The van der Waals surface area contributed by atoms with E-state index in [1.165, 1.54) is 0 Å². The summed E-state index contributed by atoms with van der Waals surface area (Å²) in [6.45, 7) is 5.49. The maximum absolute atomic E-state index is 10.9. The molecule has 0 atom stereocenters. The van der Waals surface area contributed by atoms with Gasteiger partial charge in [0.15, 0.2) is 0 Å². The van der Waals surface area contributed by atoms with E-state index in [0.717, 1.165) is 16.7 Å². The average molecular weight is 242 g/mol. The topological polar surface area (TPSA) is 37.3 Å². The molecule has 0 aliphatic heterocycles. The highest BCUT2D eigenvalue weighted by Crippen LogP contribution is 2.21. The molecule has 0 radical (unpaired) electrons. The van der Waals surface area contributed by atoms with Gasteiger partial charge in [0, 0.05) is 5.57 Å². The summed E-state index contributed by atoms with van der Waals surface area (Å²) in [6, 6.07) is 5.93. The lowest BCUT2D eigenvalue weighted by atomic mass is 9.98. The van der Waals surface area contributed by atoms with Crippen LogP contribution in [0.4, 0.5) is 0 Å². The molecule has 1 aromatic carbocycles.